The average Bonchev–Trinajstić information content (AvgIpc) is 2.64. The van der Waals surface area contributed by atoms with Crippen molar-refractivity contribution >= 4 is 11.6 Å². The first-order chi connectivity index (χ1) is 12.1. The van der Waals surface area contributed by atoms with Gasteiger partial charge in [0.05, 0.1) is 11.1 Å². The molecule has 4 rings (SSSR count). The highest BCUT2D eigenvalue weighted by atomic mass is 19.1. The molecule has 1 amide bonds. The second-order valence-corrected chi connectivity index (χ2v) is 7.45. The normalized spacial score (nSPS) is 22.0. The maximum Gasteiger partial charge on any atom is 0.230 e. The molecule has 25 heavy (non-hydrogen) atoms. The van der Waals surface area contributed by atoms with Gasteiger partial charge in [0.1, 0.15) is 5.82 Å². The second kappa shape index (κ2) is 6.26. The molecule has 1 heterocycles. The van der Waals surface area contributed by atoms with Gasteiger partial charge in [-0.05, 0) is 60.5 Å². The van der Waals surface area contributed by atoms with E-state index in [9.17, 15) is 9.18 Å². The number of hydrogen-bond donors (Lipinski definition) is 2. The summed E-state index contributed by atoms with van der Waals surface area (Å²) in [5.41, 5.74) is 4.07. The van der Waals surface area contributed by atoms with Crippen molar-refractivity contribution in [1.29, 1.82) is 0 Å². The van der Waals surface area contributed by atoms with Crippen LogP contribution in [0.15, 0.2) is 36.4 Å². The highest BCUT2D eigenvalue weighted by Gasteiger charge is 2.37. The van der Waals surface area contributed by atoms with Crippen LogP contribution in [0.4, 0.5) is 10.1 Å². The Kier molecular flexibility index (Phi) is 4.08. The zero-order valence-corrected chi connectivity index (χ0v) is 14.5. The fourth-order valence-corrected chi connectivity index (χ4v) is 3.99. The lowest BCUT2D eigenvalue weighted by atomic mass is 9.72. The van der Waals surface area contributed by atoms with E-state index in [1.165, 1.54) is 11.1 Å². The number of benzene rings is 2. The minimum absolute atomic E-state index is 0.0882. The molecule has 2 aliphatic rings. The van der Waals surface area contributed by atoms with Crippen LogP contribution in [0.1, 0.15) is 35.6 Å². The predicted octanol–water partition coefficient (Wildman–Crippen LogP) is 3.61. The quantitative estimate of drug-likeness (QED) is 0.878. The summed E-state index contributed by atoms with van der Waals surface area (Å²) in [6, 6.07) is 11.9. The lowest BCUT2D eigenvalue weighted by Crippen LogP contribution is -2.38. The summed E-state index contributed by atoms with van der Waals surface area (Å²) in [5, 5.41) is 6.11. The molecule has 1 aliphatic heterocycles. The Bertz CT molecular complexity index is 833. The molecule has 0 aromatic heterocycles. The van der Waals surface area contributed by atoms with E-state index >= 15 is 0 Å². The molecular weight excluding hydrogens is 315 g/mol. The van der Waals surface area contributed by atoms with E-state index < -0.39 is 5.41 Å². The first-order valence-corrected chi connectivity index (χ1v) is 8.96. The largest absolute Gasteiger partial charge is 0.323 e. The third-order valence-electron chi connectivity index (χ3n) is 5.65. The highest BCUT2D eigenvalue weighted by molar-refractivity contribution is 5.95. The van der Waals surface area contributed by atoms with Crippen molar-refractivity contribution in [2.24, 2.45) is 5.41 Å². The monoisotopic (exact) mass is 338 g/mol. The van der Waals surface area contributed by atoms with Gasteiger partial charge in [-0.25, -0.2) is 4.39 Å². The standard InChI is InChI=1S/C21H23FN2O/c1-21(10-8-14-4-2-3-5-15(14)12-21)20(25)24-18-7-6-16-13-23-11-9-17(16)19(18)22/h2-7,23H,8-13H2,1H3,(H,24,25). The van der Waals surface area contributed by atoms with E-state index in [1.54, 1.807) is 6.07 Å². The van der Waals surface area contributed by atoms with Gasteiger partial charge in [-0.2, -0.15) is 0 Å². The van der Waals surface area contributed by atoms with Gasteiger partial charge in [0, 0.05) is 6.54 Å². The minimum atomic E-state index is -0.502. The van der Waals surface area contributed by atoms with E-state index in [1.807, 2.05) is 25.1 Å². The molecule has 1 aliphatic carbocycles. The van der Waals surface area contributed by atoms with Crippen LogP contribution in [0.25, 0.3) is 0 Å². The van der Waals surface area contributed by atoms with E-state index in [0.29, 0.717) is 25.1 Å². The van der Waals surface area contributed by atoms with Gasteiger partial charge >= 0.3 is 0 Å². The van der Waals surface area contributed by atoms with Crippen LogP contribution < -0.4 is 10.6 Å². The Morgan fingerprint density at radius 3 is 2.76 bits per heavy atom. The number of rotatable bonds is 2. The first kappa shape index (κ1) is 16.3. The molecule has 3 nitrogen and oxygen atoms in total. The molecule has 0 saturated carbocycles. The van der Waals surface area contributed by atoms with Crippen molar-refractivity contribution in [1.82, 2.24) is 5.32 Å². The summed E-state index contributed by atoms with van der Waals surface area (Å²) in [7, 11) is 0. The summed E-state index contributed by atoms with van der Waals surface area (Å²) in [6.07, 6.45) is 3.03. The van der Waals surface area contributed by atoms with Gasteiger partial charge in [-0.3, -0.25) is 4.79 Å². The van der Waals surface area contributed by atoms with Gasteiger partial charge in [0.2, 0.25) is 5.91 Å². The van der Waals surface area contributed by atoms with Gasteiger partial charge in [-0.1, -0.05) is 37.3 Å². The summed E-state index contributed by atoms with van der Waals surface area (Å²) < 4.78 is 14.8. The molecule has 0 fully saturated rings. The third-order valence-corrected chi connectivity index (χ3v) is 5.65. The van der Waals surface area contributed by atoms with E-state index in [4.69, 9.17) is 0 Å². The number of halogens is 1. The number of anilines is 1. The fourth-order valence-electron chi connectivity index (χ4n) is 3.99. The SMILES string of the molecule is CC1(C(=O)Nc2ccc3c(c2F)CCNC3)CCc2ccccc2C1. The molecule has 0 radical (unpaired) electrons. The van der Waals surface area contributed by atoms with Crippen LogP contribution in [-0.2, 0) is 30.6 Å². The van der Waals surface area contributed by atoms with Crippen molar-refractivity contribution in [3.05, 3.63) is 64.5 Å². The highest BCUT2D eigenvalue weighted by Crippen LogP contribution is 2.36. The van der Waals surface area contributed by atoms with E-state index in [2.05, 4.69) is 22.8 Å². The molecule has 1 unspecified atom stereocenters. The number of aryl methyl sites for hydroxylation is 1. The Morgan fingerprint density at radius 2 is 1.92 bits per heavy atom. The Labute approximate surface area is 147 Å². The average molecular weight is 338 g/mol. The van der Waals surface area contributed by atoms with Crippen molar-refractivity contribution in [3.63, 3.8) is 0 Å². The van der Waals surface area contributed by atoms with Gasteiger partial charge in [-0.15, -0.1) is 0 Å². The van der Waals surface area contributed by atoms with Crippen molar-refractivity contribution in [2.75, 3.05) is 11.9 Å². The maximum absolute atomic E-state index is 14.8. The van der Waals surface area contributed by atoms with E-state index in [-0.39, 0.29) is 11.7 Å². The number of amides is 1. The lowest BCUT2D eigenvalue weighted by molar-refractivity contribution is -0.125. The molecular formula is C21H23FN2O. The van der Waals surface area contributed by atoms with Crippen molar-refractivity contribution in [3.8, 4) is 0 Å². The molecule has 2 aromatic carbocycles. The number of carbonyl (C=O) groups excluding carboxylic acids is 1. The first-order valence-electron chi connectivity index (χ1n) is 8.96. The minimum Gasteiger partial charge on any atom is -0.323 e. The molecule has 0 saturated heterocycles. The topological polar surface area (TPSA) is 41.1 Å². The van der Waals surface area contributed by atoms with Crippen molar-refractivity contribution in [2.45, 2.75) is 39.2 Å². The van der Waals surface area contributed by atoms with Gasteiger partial charge in [0.15, 0.2) is 0 Å². The number of nitrogens with one attached hydrogen (secondary N) is 2. The zero-order chi connectivity index (χ0) is 17.4. The van der Waals surface area contributed by atoms with Crippen LogP contribution >= 0.6 is 0 Å². The van der Waals surface area contributed by atoms with Crippen molar-refractivity contribution < 1.29 is 9.18 Å². The molecule has 2 N–H and O–H groups in total. The van der Waals surface area contributed by atoms with Crippen LogP contribution in [-0.4, -0.2) is 12.5 Å². The van der Waals surface area contributed by atoms with Crippen LogP contribution in [0.2, 0.25) is 0 Å². The fraction of sp³-hybridized carbons (Fsp3) is 0.381. The third kappa shape index (κ3) is 2.95. The number of fused-ring (bicyclic) bond motifs is 2. The Hall–Kier alpha value is -2.20. The van der Waals surface area contributed by atoms with Gasteiger partial charge < -0.3 is 10.6 Å². The van der Waals surface area contributed by atoms with E-state index in [0.717, 1.165) is 30.5 Å². The molecule has 1 atom stereocenters. The lowest BCUT2D eigenvalue weighted by Gasteiger charge is -2.33. The summed E-state index contributed by atoms with van der Waals surface area (Å²) >= 11 is 0. The number of carbonyl (C=O) groups is 1. The smallest absolute Gasteiger partial charge is 0.230 e. The van der Waals surface area contributed by atoms with Crippen LogP contribution in [0, 0.1) is 11.2 Å². The summed E-state index contributed by atoms with van der Waals surface area (Å²) in [4.78, 5) is 12.9. The zero-order valence-electron chi connectivity index (χ0n) is 14.5. The number of hydrogen-bond acceptors (Lipinski definition) is 2. The Balaban J connectivity index is 1.56. The molecule has 0 spiro atoms. The maximum atomic E-state index is 14.8. The second-order valence-electron chi connectivity index (χ2n) is 7.45. The molecule has 0 bridgehead atoms. The van der Waals surface area contributed by atoms with Crippen LogP contribution in [0.5, 0.6) is 0 Å². The summed E-state index contributed by atoms with van der Waals surface area (Å²) in [5.74, 6) is -0.359. The Morgan fingerprint density at radius 1 is 1.12 bits per heavy atom. The molecule has 4 heteroatoms. The predicted molar refractivity (Wildman–Crippen MR) is 97.0 cm³/mol. The van der Waals surface area contributed by atoms with Crippen LogP contribution in [0.3, 0.4) is 0 Å². The van der Waals surface area contributed by atoms with Gasteiger partial charge in [0.25, 0.3) is 0 Å². The summed E-state index contributed by atoms with van der Waals surface area (Å²) in [6.45, 7) is 3.45. The molecule has 130 valence electrons. The molecule has 2 aromatic rings.